The molecule has 0 bridgehead atoms. The summed E-state index contributed by atoms with van der Waals surface area (Å²) < 4.78 is 56.5. The highest BCUT2D eigenvalue weighted by Gasteiger charge is 2.34. The first-order valence-corrected chi connectivity index (χ1v) is 6.21. The molecule has 0 radical (unpaired) electrons. The van der Waals surface area contributed by atoms with Crippen LogP contribution in [0.3, 0.4) is 0 Å². The number of hydrogen-bond donors (Lipinski definition) is 1. The number of nitrogens with two attached hydrogens (primary N) is 1. The minimum Gasteiger partial charge on any atom is -0.374 e. The SMILES string of the molecule is CN1CCOC(C(N)c2ccc(C(F)(F)F)c(F)c2)C1. The van der Waals surface area contributed by atoms with Crippen molar-refractivity contribution in [2.45, 2.75) is 18.3 Å². The van der Waals surface area contributed by atoms with Crippen molar-refractivity contribution in [1.82, 2.24) is 4.90 Å². The van der Waals surface area contributed by atoms with Crippen LogP contribution >= 0.6 is 0 Å². The van der Waals surface area contributed by atoms with E-state index >= 15 is 0 Å². The van der Waals surface area contributed by atoms with Crippen LogP contribution in [0.5, 0.6) is 0 Å². The van der Waals surface area contributed by atoms with E-state index in [1.165, 1.54) is 6.07 Å². The van der Waals surface area contributed by atoms with E-state index in [9.17, 15) is 17.6 Å². The van der Waals surface area contributed by atoms with Gasteiger partial charge in [-0.15, -0.1) is 0 Å². The second-order valence-corrected chi connectivity index (χ2v) is 4.93. The van der Waals surface area contributed by atoms with Crippen molar-refractivity contribution in [2.24, 2.45) is 5.73 Å². The molecule has 1 heterocycles. The Morgan fingerprint density at radius 1 is 1.40 bits per heavy atom. The molecule has 2 atom stereocenters. The summed E-state index contributed by atoms with van der Waals surface area (Å²) in [5, 5.41) is 0. The van der Waals surface area contributed by atoms with Gasteiger partial charge in [0.2, 0.25) is 0 Å². The molecular weight excluding hydrogens is 276 g/mol. The molecule has 0 saturated carbocycles. The van der Waals surface area contributed by atoms with Gasteiger partial charge in [0.05, 0.1) is 24.3 Å². The van der Waals surface area contributed by atoms with E-state index in [0.29, 0.717) is 18.7 Å². The Labute approximate surface area is 114 Å². The highest BCUT2D eigenvalue weighted by molar-refractivity contribution is 5.29. The molecule has 3 nitrogen and oxygen atoms in total. The van der Waals surface area contributed by atoms with Crippen molar-refractivity contribution >= 4 is 0 Å². The van der Waals surface area contributed by atoms with Gasteiger partial charge in [-0.25, -0.2) is 4.39 Å². The molecule has 2 N–H and O–H groups in total. The Bertz CT molecular complexity index is 478. The van der Waals surface area contributed by atoms with Gasteiger partial charge in [0.1, 0.15) is 5.82 Å². The molecule has 112 valence electrons. The maximum Gasteiger partial charge on any atom is 0.419 e. The van der Waals surface area contributed by atoms with Gasteiger partial charge in [-0.1, -0.05) is 6.07 Å². The van der Waals surface area contributed by atoms with Crippen molar-refractivity contribution in [1.29, 1.82) is 0 Å². The standard InChI is InChI=1S/C13H16F4N2O/c1-19-4-5-20-11(7-19)12(18)8-2-3-9(10(14)6-8)13(15,16)17/h2-3,6,11-12H,4-5,7,18H2,1H3. The maximum atomic E-state index is 13.5. The third kappa shape index (κ3) is 3.28. The lowest BCUT2D eigenvalue weighted by Crippen LogP contribution is -2.45. The Morgan fingerprint density at radius 2 is 2.10 bits per heavy atom. The Kier molecular flexibility index (Phi) is 4.31. The first kappa shape index (κ1) is 15.2. The van der Waals surface area contributed by atoms with Crippen LogP contribution in [-0.4, -0.2) is 37.7 Å². The van der Waals surface area contributed by atoms with Gasteiger partial charge in [0.15, 0.2) is 0 Å². The molecule has 20 heavy (non-hydrogen) atoms. The predicted molar refractivity (Wildman–Crippen MR) is 65.6 cm³/mol. The number of alkyl halides is 3. The first-order valence-electron chi connectivity index (χ1n) is 6.21. The fourth-order valence-corrected chi connectivity index (χ4v) is 2.21. The van der Waals surface area contributed by atoms with Crippen LogP contribution in [0.2, 0.25) is 0 Å². The van der Waals surface area contributed by atoms with Crippen LogP contribution < -0.4 is 5.73 Å². The second-order valence-electron chi connectivity index (χ2n) is 4.93. The largest absolute Gasteiger partial charge is 0.419 e. The van der Waals surface area contributed by atoms with Gasteiger partial charge < -0.3 is 15.4 Å². The summed E-state index contributed by atoms with van der Waals surface area (Å²) in [7, 11) is 1.90. The Morgan fingerprint density at radius 3 is 2.65 bits per heavy atom. The average Bonchev–Trinajstić information content (AvgIpc) is 2.36. The summed E-state index contributed by atoms with van der Waals surface area (Å²) in [6.45, 7) is 1.83. The molecule has 1 fully saturated rings. The summed E-state index contributed by atoms with van der Waals surface area (Å²) >= 11 is 0. The van der Waals surface area contributed by atoms with Crippen LogP contribution in [0.15, 0.2) is 18.2 Å². The Hall–Kier alpha value is -1.18. The van der Waals surface area contributed by atoms with Gasteiger partial charge in [-0.2, -0.15) is 13.2 Å². The van der Waals surface area contributed by atoms with Gasteiger partial charge >= 0.3 is 6.18 Å². The molecule has 1 aromatic carbocycles. The fourth-order valence-electron chi connectivity index (χ4n) is 2.21. The zero-order valence-corrected chi connectivity index (χ0v) is 11.0. The van der Waals surface area contributed by atoms with E-state index in [0.717, 1.165) is 18.7 Å². The molecule has 1 aromatic rings. The fraction of sp³-hybridized carbons (Fsp3) is 0.538. The summed E-state index contributed by atoms with van der Waals surface area (Å²) in [4.78, 5) is 2.01. The number of nitrogens with zero attached hydrogens (tertiary/aromatic N) is 1. The number of hydrogen-bond acceptors (Lipinski definition) is 3. The predicted octanol–water partition coefficient (Wildman–Crippen LogP) is 2.17. The van der Waals surface area contributed by atoms with E-state index in [2.05, 4.69) is 0 Å². The number of benzene rings is 1. The van der Waals surface area contributed by atoms with Gasteiger partial charge in [-0.05, 0) is 24.7 Å². The second kappa shape index (κ2) is 5.67. The van der Waals surface area contributed by atoms with Crippen molar-refractivity contribution < 1.29 is 22.3 Å². The molecule has 1 aliphatic rings. The topological polar surface area (TPSA) is 38.5 Å². The van der Waals surface area contributed by atoms with Crippen molar-refractivity contribution in [3.63, 3.8) is 0 Å². The normalized spacial score (nSPS) is 22.8. The van der Waals surface area contributed by atoms with E-state index in [-0.39, 0.29) is 6.10 Å². The highest BCUT2D eigenvalue weighted by atomic mass is 19.4. The number of ether oxygens (including phenoxy) is 1. The molecule has 2 rings (SSSR count). The molecule has 1 saturated heterocycles. The van der Waals surface area contributed by atoms with Crippen LogP contribution in [0.25, 0.3) is 0 Å². The van der Waals surface area contributed by atoms with Crippen molar-refractivity contribution in [2.75, 3.05) is 26.7 Å². The zero-order valence-electron chi connectivity index (χ0n) is 11.0. The summed E-state index contributed by atoms with van der Waals surface area (Å²) in [6, 6.07) is 2.10. The van der Waals surface area contributed by atoms with Crippen LogP contribution in [0.4, 0.5) is 17.6 Å². The summed E-state index contributed by atoms with van der Waals surface area (Å²) in [6.07, 6.45) is -5.06. The van der Waals surface area contributed by atoms with Gasteiger partial charge in [0.25, 0.3) is 0 Å². The maximum absolute atomic E-state index is 13.5. The third-order valence-corrected chi connectivity index (χ3v) is 3.38. The van der Waals surface area contributed by atoms with Gasteiger partial charge in [-0.3, -0.25) is 0 Å². The van der Waals surface area contributed by atoms with Crippen molar-refractivity contribution in [3.8, 4) is 0 Å². The molecule has 0 aliphatic carbocycles. The molecule has 0 spiro atoms. The van der Waals surface area contributed by atoms with Gasteiger partial charge in [0, 0.05) is 13.1 Å². The van der Waals surface area contributed by atoms with Crippen LogP contribution in [-0.2, 0) is 10.9 Å². The van der Waals surface area contributed by atoms with E-state index in [1.54, 1.807) is 0 Å². The quantitative estimate of drug-likeness (QED) is 0.849. The Balaban J connectivity index is 2.18. The lowest BCUT2D eigenvalue weighted by Gasteiger charge is -2.33. The summed E-state index contributed by atoms with van der Waals surface area (Å²) in [5.74, 6) is -1.31. The minimum atomic E-state index is -4.70. The molecule has 2 unspecified atom stereocenters. The number of morpholine rings is 1. The third-order valence-electron chi connectivity index (χ3n) is 3.38. The smallest absolute Gasteiger partial charge is 0.374 e. The highest BCUT2D eigenvalue weighted by Crippen LogP contribution is 2.32. The number of likely N-dealkylation sites (N-methyl/N-ethyl adjacent to an activating group) is 1. The van der Waals surface area contributed by atoms with E-state index in [1.807, 2.05) is 11.9 Å². The van der Waals surface area contributed by atoms with Crippen molar-refractivity contribution in [3.05, 3.63) is 35.1 Å². The van der Waals surface area contributed by atoms with Crippen LogP contribution in [0, 0.1) is 5.82 Å². The molecule has 1 aliphatic heterocycles. The van der Waals surface area contributed by atoms with Crippen LogP contribution in [0.1, 0.15) is 17.2 Å². The average molecular weight is 292 g/mol. The number of halogens is 4. The lowest BCUT2D eigenvalue weighted by atomic mass is 9.99. The zero-order chi connectivity index (χ0) is 14.9. The molecule has 7 heteroatoms. The molecule has 0 amide bonds. The van der Waals surface area contributed by atoms with E-state index in [4.69, 9.17) is 10.5 Å². The molecular formula is C13H16F4N2O. The van der Waals surface area contributed by atoms with E-state index < -0.39 is 23.6 Å². The number of rotatable bonds is 2. The monoisotopic (exact) mass is 292 g/mol. The minimum absolute atomic E-state index is 0.302. The summed E-state index contributed by atoms with van der Waals surface area (Å²) in [5.41, 5.74) is 4.98. The first-order chi connectivity index (χ1) is 9.29. The lowest BCUT2D eigenvalue weighted by molar-refractivity contribution is -0.140. The molecule has 0 aromatic heterocycles.